The molecule has 1 heterocycles. The van der Waals surface area contributed by atoms with Crippen molar-refractivity contribution in [1.29, 1.82) is 0 Å². The van der Waals surface area contributed by atoms with Crippen molar-refractivity contribution in [2.45, 2.75) is 46.5 Å². The van der Waals surface area contributed by atoms with Gasteiger partial charge in [-0.2, -0.15) is 0 Å². The van der Waals surface area contributed by atoms with Gasteiger partial charge in [0.1, 0.15) is 0 Å². The summed E-state index contributed by atoms with van der Waals surface area (Å²) in [6.45, 7) is 19.1. The van der Waals surface area contributed by atoms with Crippen LogP contribution in [0.15, 0.2) is 182 Å². The number of hydrogen-bond acceptors (Lipinski definition) is 0. The predicted molar refractivity (Wildman–Crippen MR) is 222 cm³/mol. The van der Waals surface area contributed by atoms with E-state index >= 15 is 0 Å². The van der Waals surface area contributed by atoms with Gasteiger partial charge in [0.15, 0.2) is 0 Å². The molecule has 0 radical (unpaired) electrons. The highest BCUT2D eigenvalue weighted by Crippen LogP contribution is 2.48. The maximum Gasteiger partial charge on any atom is 0.0543 e. The van der Waals surface area contributed by atoms with Crippen LogP contribution < -0.4 is 0 Å². The van der Waals surface area contributed by atoms with Crippen LogP contribution in [-0.4, -0.2) is 4.57 Å². The fraction of sp³-hybridized carbons (Fsp3) is 0.160. The average molecular weight is 662 g/mol. The van der Waals surface area contributed by atoms with Gasteiger partial charge in [-0.05, 0) is 96.0 Å². The summed E-state index contributed by atoms with van der Waals surface area (Å²) >= 11 is 0. The van der Waals surface area contributed by atoms with E-state index in [-0.39, 0.29) is 5.41 Å². The molecule has 0 spiro atoms. The van der Waals surface area contributed by atoms with Gasteiger partial charge in [0.2, 0.25) is 0 Å². The first kappa shape index (κ1) is 33.8. The summed E-state index contributed by atoms with van der Waals surface area (Å²) < 4.78 is 2.37. The fourth-order valence-corrected chi connectivity index (χ4v) is 7.57. The highest BCUT2D eigenvalue weighted by atomic mass is 15.0. The Morgan fingerprint density at radius 2 is 1.31 bits per heavy atom. The van der Waals surface area contributed by atoms with Crippen molar-refractivity contribution in [2.24, 2.45) is 5.92 Å². The first-order valence-corrected chi connectivity index (χ1v) is 18.0. The molecular formula is C50H47N. The smallest absolute Gasteiger partial charge is 0.0543 e. The van der Waals surface area contributed by atoms with Crippen LogP contribution in [0.4, 0.5) is 0 Å². The lowest BCUT2D eigenvalue weighted by Crippen LogP contribution is -2.14. The average Bonchev–Trinajstić information content (AvgIpc) is 3.56. The van der Waals surface area contributed by atoms with Crippen LogP contribution in [0.1, 0.15) is 49.4 Å². The molecule has 0 amide bonds. The minimum absolute atomic E-state index is 0.0557. The van der Waals surface area contributed by atoms with Crippen molar-refractivity contribution in [2.75, 3.05) is 0 Å². The van der Waals surface area contributed by atoms with Gasteiger partial charge in [-0.3, -0.25) is 0 Å². The molecule has 0 fully saturated rings. The third-order valence-corrected chi connectivity index (χ3v) is 10.6. The lowest BCUT2D eigenvalue weighted by Gasteiger charge is -2.20. The number of nitrogens with zero attached hydrogens (tertiary/aromatic N) is 1. The minimum Gasteiger partial charge on any atom is -0.309 e. The van der Waals surface area contributed by atoms with E-state index < -0.39 is 0 Å². The molecule has 0 bridgehead atoms. The van der Waals surface area contributed by atoms with E-state index in [4.69, 9.17) is 0 Å². The Kier molecular flexibility index (Phi) is 9.23. The standard InChI is InChI=1S/C25H19N.C14H16.C11H12/c1-18-11-16-23-22-9-5-6-10-24(22)26(25(23)17-18)21-14-12-20(13-15-21)19-7-3-2-4-8-19;1-9-6-7-13-12(8-9)10(2)11(3)14(13,4)5;1-9-6-7-10-4-2-3-5-11(10)8-9/h2-17H,1H3;6-8H,2-3H2,1,4-5H3;2-7,11H,8H2,1H3. The lowest BCUT2D eigenvalue weighted by atomic mass is 9.83. The van der Waals surface area contributed by atoms with E-state index in [0.29, 0.717) is 5.92 Å². The van der Waals surface area contributed by atoms with Gasteiger partial charge in [-0.1, -0.05) is 166 Å². The zero-order chi connectivity index (χ0) is 35.7. The maximum absolute atomic E-state index is 4.13. The summed E-state index contributed by atoms with van der Waals surface area (Å²) in [4.78, 5) is 0. The van der Waals surface area contributed by atoms with Gasteiger partial charge in [0.25, 0.3) is 0 Å². The van der Waals surface area contributed by atoms with Crippen LogP contribution in [0.2, 0.25) is 0 Å². The fourth-order valence-electron chi connectivity index (χ4n) is 7.57. The van der Waals surface area contributed by atoms with E-state index in [1.54, 1.807) is 0 Å². The van der Waals surface area contributed by atoms with Crippen molar-refractivity contribution < 1.29 is 0 Å². The zero-order valence-corrected chi connectivity index (χ0v) is 30.6. The van der Waals surface area contributed by atoms with Gasteiger partial charge in [-0.15, -0.1) is 0 Å². The first-order valence-electron chi connectivity index (χ1n) is 18.0. The minimum atomic E-state index is 0.0557. The summed E-state index contributed by atoms with van der Waals surface area (Å²) in [6.07, 6.45) is 14.4. The maximum atomic E-state index is 4.13. The number of aryl methyl sites for hydroxylation is 2. The molecule has 1 aromatic heterocycles. The lowest BCUT2D eigenvalue weighted by molar-refractivity contribution is 0.663. The number of benzene rings is 5. The number of hydrogen-bond donors (Lipinski definition) is 0. The monoisotopic (exact) mass is 661 g/mol. The Labute approximate surface area is 304 Å². The van der Waals surface area contributed by atoms with E-state index in [1.165, 1.54) is 78.4 Å². The van der Waals surface area contributed by atoms with Crippen molar-refractivity contribution in [1.82, 2.24) is 4.57 Å². The topological polar surface area (TPSA) is 4.93 Å². The molecule has 0 aliphatic heterocycles. The van der Waals surface area contributed by atoms with Crippen LogP contribution in [0, 0.1) is 19.8 Å². The SMILES string of the molecule is C=C1C(=C)C(C)(C)c2ccc(C)cc21.CC1=CC=C2C=CC=CC2C1.Cc1ccc2c3ccccc3n(-c3ccc(-c4ccccc4)cc3)c2c1. The number of rotatable bonds is 2. The summed E-state index contributed by atoms with van der Waals surface area (Å²) in [5, 5.41) is 2.60. The number of aromatic nitrogens is 1. The van der Waals surface area contributed by atoms with Crippen molar-refractivity contribution >= 4 is 27.4 Å². The summed E-state index contributed by atoms with van der Waals surface area (Å²) in [7, 11) is 0. The molecule has 1 heteroatoms. The predicted octanol–water partition coefficient (Wildman–Crippen LogP) is 13.6. The Morgan fingerprint density at radius 3 is 2.10 bits per heavy atom. The first-order chi connectivity index (χ1) is 24.6. The number of fused-ring (bicyclic) bond motifs is 5. The molecule has 0 saturated heterocycles. The van der Waals surface area contributed by atoms with Crippen LogP contribution in [0.5, 0.6) is 0 Å². The van der Waals surface area contributed by atoms with Gasteiger partial charge < -0.3 is 4.57 Å². The summed E-state index contributed by atoms with van der Waals surface area (Å²) in [6, 6.07) is 41.3. The van der Waals surface area contributed by atoms with Gasteiger partial charge in [0, 0.05) is 27.8 Å². The third kappa shape index (κ3) is 6.65. The third-order valence-electron chi connectivity index (χ3n) is 10.6. The molecule has 0 saturated carbocycles. The zero-order valence-electron chi connectivity index (χ0n) is 30.6. The van der Waals surface area contributed by atoms with E-state index in [1.807, 2.05) is 0 Å². The molecule has 51 heavy (non-hydrogen) atoms. The van der Waals surface area contributed by atoms with Gasteiger partial charge >= 0.3 is 0 Å². The Morgan fingerprint density at radius 1 is 0.647 bits per heavy atom. The second kappa shape index (κ2) is 13.9. The molecule has 1 atom stereocenters. The number of allylic oxidation sites excluding steroid dienone is 10. The second-order valence-electron chi connectivity index (χ2n) is 14.7. The quantitative estimate of drug-likeness (QED) is 0.174. The highest BCUT2D eigenvalue weighted by molar-refractivity contribution is 6.09. The van der Waals surface area contributed by atoms with Gasteiger partial charge in [0.05, 0.1) is 11.0 Å². The van der Waals surface area contributed by atoms with Gasteiger partial charge in [-0.25, -0.2) is 0 Å². The molecule has 3 aliphatic rings. The van der Waals surface area contributed by atoms with E-state index in [0.717, 1.165) is 11.1 Å². The van der Waals surface area contributed by atoms with Crippen molar-refractivity contribution in [3.05, 3.63) is 204 Å². The van der Waals surface area contributed by atoms with Crippen molar-refractivity contribution in [3.8, 4) is 16.8 Å². The van der Waals surface area contributed by atoms with E-state index in [2.05, 4.69) is 204 Å². The van der Waals surface area contributed by atoms with Crippen molar-refractivity contribution in [3.63, 3.8) is 0 Å². The largest absolute Gasteiger partial charge is 0.309 e. The molecule has 252 valence electrons. The molecular weight excluding hydrogens is 615 g/mol. The van der Waals surface area contributed by atoms with Crippen LogP contribution in [0.25, 0.3) is 44.2 Å². The Bertz CT molecular complexity index is 2400. The molecule has 1 nitrogen and oxygen atoms in total. The Hall–Kier alpha value is -5.66. The normalized spacial score (nSPS) is 16.8. The highest BCUT2D eigenvalue weighted by Gasteiger charge is 2.35. The second-order valence-corrected chi connectivity index (χ2v) is 14.7. The number of para-hydroxylation sites is 1. The van der Waals surface area contributed by atoms with Crippen LogP contribution >= 0.6 is 0 Å². The Balaban J connectivity index is 0.000000136. The van der Waals surface area contributed by atoms with E-state index in [9.17, 15) is 0 Å². The molecule has 1 unspecified atom stereocenters. The molecule has 0 N–H and O–H groups in total. The molecule has 6 aromatic rings. The van der Waals surface area contributed by atoms with Crippen LogP contribution in [-0.2, 0) is 5.41 Å². The summed E-state index contributed by atoms with van der Waals surface area (Å²) in [5.74, 6) is 0.657. The molecule has 3 aliphatic carbocycles. The van der Waals surface area contributed by atoms with Crippen LogP contribution in [0.3, 0.4) is 0 Å². The summed E-state index contributed by atoms with van der Waals surface area (Å²) in [5.41, 5.74) is 16.7. The molecule has 9 rings (SSSR count). The molecule has 5 aromatic carbocycles.